The molecule has 0 N–H and O–H groups in total. The molecule has 0 aromatic heterocycles. The molecule has 0 aliphatic heterocycles. The summed E-state index contributed by atoms with van der Waals surface area (Å²) in [5, 5.41) is 0. The van der Waals surface area contributed by atoms with Crippen molar-refractivity contribution in [3.8, 4) is 0 Å². The predicted octanol–water partition coefficient (Wildman–Crippen LogP) is 1.77. The van der Waals surface area contributed by atoms with E-state index in [-0.39, 0.29) is 5.92 Å². The third-order valence-electron chi connectivity index (χ3n) is 3.37. The summed E-state index contributed by atoms with van der Waals surface area (Å²) in [4.78, 5) is 12.4. The Balaban J connectivity index is 3.96. The van der Waals surface area contributed by atoms with Crippen LogP contribution in [-0.4, -0.2) is 31.5 Å². The Hall–Kier alpha value is -0.665. The minimum absolute atomic E-state index is 0.103. The van der Waals surface area contributed by atoms with Crippen LogP contribution >= 0.6 is 0 Å². The fraction of sp³-hybridized carbons (Fsp3) is 0.909. The van der Waals surface area contributed by atoms with E-state index in [1.165, 1.54) is 0 Å². The van der Waals surface area contributed by atoms with E-state index in [1.807, 2.05) is 13.8 Å². The number of rotatable bonds is 8. The number of aldehydes is 1. The molecular formula is C11H22BNO2. The second-order valence-electron chi connectivity index (χ2n) is 4.35. The van der Waals surface area contributed by atoms with E-state index in [1.54, 1.807) is 4.81 Å². The summed E-state index contributed by atoms with van der Waals surface area (Å²) in [5.74, 6) is 0.957. The summed E-state index contributed by atoms with van der Waals surface area (Å²) >= 11 is 0. The van der Waals surface area contributed by atoms with Crippen LogP contribution in [0.4, 0.5) is 0 Å². The molecule has 0 fully saturated rings. The molecule has 0 aromatic rings. The fourth-order valence-electron chi connectivity index (χ4n) is 1.56. The van der Waals surface area contributed by atoms with Crippen molar-refractivity contribution in [1.29, 1.82) is 0 Å². The Labute approximate surface area is 93.5 Å². The molecule has 3 atom stereocenters. The standard InChI is InChI=1S/C11H22BNO2/c1-5-13(12-15)7-6-9(2)11(4)10(3)8-14/h8-11H,5-7H2,1-4H3. The molecule has 0 aliphatic rings. The number of carbonyl (C=O) groups excluding carboxylic acids is 1. The van der Waals surface area contributed by atoms with Gasteiger partial charge in [-0.05, 0) is 0 Å². The summed E-state index contributed by atoms with van der Waals surface area (Å²) in [6, 6.07) is 0. The zero-order chi connectivity index (χ0) is 11.8. The van der Waals surface area contributed by atoms with Gasteiger partial charge in [0, 0.05) is 0 Å². The van der Waals surface area contributed by atoms with Gasteiger partial charge in [-0.1, -0.05) is 0 Å². The number of hydrogen-bond donors (Lipinski definition) is 0. The fourth-order valence-corrected chi connectivity index (χ4v) is 1.56. The van der Waals surface area contributed by atoms with Crippen molar-refractivity contribution in [1.82, 2.24) is 4.81 Å². The molecule has 0 bridgehead atoms. The van der Waals surface area contributed by atoms with Gasteiger partial charge in [0.1, 0.15) is 0 Å². The van der Waals surface area contributed by atoms with Gasteiger partial charge in [0.2, 0.25) is 0 Å². The molecule has 3 unspecified atom stereocenters. The van der Waals surface area contributed by atoms with Crippen LogP contribution in [0.15, 0.2) is 0 Å². The number of carbonyl (C=O) groups is 1. The molecule has 86 valence electrons. The predicted molar refractivity (Wildman–Crippen MR) is 61.9 cm³/mol. The Morgan fingerprint density at radius 3 is 2.33 bits per heavy atom. The molecule has 15 heavy (non-hydrogen) atoms. The van der Waals surface area contributed by atoms with E-state index in [4.69, 9.17) is 0 Å². The van der Waals surface area contributed by atoms with Crippen molar-refractivity contribution < 1.29 is 9.50 Å². The average Bonchev–Trinajstić information content (AvgIpc) is 2.27. The van der Waals surface area contributed by atoms with Crippen molar-refractivity contribution in [2.75, 3.05) is 13.1 Å². The van der Waals surface area contributed by atoms with Crippen LogP contribution in [0.25, 0.3) is 0 Å². The van der Waals surface area contributed by atoms with E-state index < -0.39 is 0 Å². The molecule has 0 saturated heterocycles. The summed E-state index contributed by atoms with van der Waals surface area (Å²) in [6.07, 6.45) is 1.98. The molecule has 0 amide bonds. The Morgan fingerprint density at radius 1 is 1.33 bits per heavy atom. The van der Waals surface area contributed by atoms with Crippen LogP contribution in [0, 0.1) is 17.8 Å². The van der Waals surface area contributed by atoms with E-state index in [2.05, 4.69) is 13.8 Å². The van der Waals surface area contributed by atoms with Gasteiger partial charge >= 0.3 is 92.8 Å². The van der Waals surface area contributed by atoms with Crippen LogP contribution in [-0.2, 0) is 9.50 Å². The first-order valence-electron chi connectivity index (χ1n) is 5.71. The molecule has 4 heteroatoms. The summed E-state index contributed by atoms with van der Waals surface area (Å²) in [5.41, 5.74) is 0. The van der Waals surface area contributed by atoms with Gasteiger partial charge < -0.3 is 0 Å². The number of hydrogen-bond acceptors (Lipinski definition) is 2. The zero-order valence-electron chi connectivity index (χ0n) is 10.3. The molecule has 0 spiro atoms. The molecule has 0 radical (unpaired) electrons. The van der Waals surface area contributed by atoms with Crippen molar-refractivity contribution in [3.05, 3.63) is 0 Å². The molecule has 0 aromatic carbocycles. The Morgan fingerprint density at radius 2 is 1.93 bits per heavy atom. The summed E-state index contributed by atoms with van der Waals surface area (Å²) in [7, 11) is 0.889. The van der Waals surface area contributed by atoms with Crippen molar-refractivity contribution in [3.63, 3.8) is 0 Å². The SMILES string of the molecule is CCN(B=O)CCC(C)C(C)C(C)C=O. The third-order valence-corrected chi connectivity index (χ3v) is 3.37. The second kappa shape index (κ2) is 7.60. The zero-order valence-corrected chi connectivity index (χ0v) is 10.3. The van der Waals surface area contributed by atoms with Gasteiger partial charge in [0.15, 0.2) is 0 Å². The first-order chi connectivity index (χ1) is 7.06. The maximum absolute atomic E-state index is 10.6. The van der Waals surface area contributed by atoms with Crippen LogP contribution in [0.5, 0.6) is 0 Å². The van der Waals surface area contributed by atoms with Crippen molar-refractivity contribution in [2.45, 2.75) is 34.1 Å². The molecule has 0 rings (SSSR count). The van der Waals surface area contributed by atoms with Gasteiger partial charge in [-0.3, -0.25) is 0 Å². The summed E-state index contributed by atoms with van der Waals surface area (Å²) in [6.45, 7) is 9.71. The van der Waals surface area contributed by atoms with E-state index in [0.29, 0.717) is 11.8 Å². The maximum atomic E-state index is 10.6. The van der Waals surface area contributed by atoms with Gasteiger partial charge in [0.05, 0.1) is 0 Å². The normalized spacial score (nSPS) is 16.3. The van der Waals surface area contributed by atoms with Crippen molar-refractivity contribution in [2.24, 2.45) is 17.8 Å². The van der Waals surface area contributed by atoms with E-state index in [9.17, 15) is 9.50 Å². The van der Waals surface area contributed by atoms with Crippen LogP contribution in [0.2, 0.25) is 0 Å². The molecular weight excluding hydrogens is 189 g/mol. The van der Waals surface area contributed by atoms with Crippen LogP contribution in [0.3, 0.4) is 0 Å². The van der Waals surface area contributed by atoms with E-state index in [0.717, 1.165) is 33.1 Å². The third kappa shape index (κ3) is 5.10. The average molecular weight is 211 g/mol. The van der Waals surface area contributed by atoms with Crippen LogP contribution < -0.4 is 0 Å². The molecule has 0 saturated carbocycles. The van der Waals surface area contributed by atoms with Crippen molar-refractivity contribution >= 4 is 13.6 Å². The van der Waals surface area contributed by atoms with Gasteiger partial charge in [-0.25, -0.2) is 0 Å². The Bertz CT molecular complexity index is 199. The number of nitrogens with zero attached hydrogens (tertiary/aromatic N) is 1. The topological polar surface area (TPSA) is 37.4 Å². The molecule has 3 nitrogen and oxygen atoms in total. The first kappa shape index (κ1) is 14.3. The summed E-state index contributed by atoms with van der Waals surface area (Å²) < 4.78 is 10.6. The second-order valence-corrected chi connectivity index (χ2v) is 4.35. The van der Waals surface area contributed by atoms with Crippen LogP contribution in [0.1, 0.15) is 34.1 Å². The monoisotopic (exact) mass is 211 g/mol. The Kier molecular flexibility index (Phi) is 7.27. The first-order valence-corrected chi connectivity index (χ1v) is 5.71. The quantitative estimate of drug-likeness (QED) is 0.453. The minimum atomic E-state index is 0.103. The van der Waals surface area contributed by atoms with Gasteiger partial charge in [-0.2, -0.15) is 0 Å². The van der Waals surface area contributed by atoms with E-state index >= 15 is 0 Å². The van der Waals surface area contributed by atoms with Gasteiger partial charge in [-0.15, -0.1) is 0 Å². The molecule has 0 aliphatic carbocycles. The van der Waals surface area contributed by atoms with Gasteiger partial charge in [0.25, 0.3) is 0 Å². The molecule has 0 heterocycles.